The van der Waals surface area contributed by atoms with Gasteiger partial charge in [-0.25, -0.2) is 4.98 Å². The van der Waals surface area contributed by atoms with E-state index in [4.69, 9.17) is 16.9 Å². The third-order valence-electron chi connectivity index (χ3n) is 5.08. The molecule has 1 fully saturated rings. The molecule has 1 radical (unpaired) electrons. The van der Waals surface area contributed by atoms with Crippen molar-refractivity contribution in [3.05, 3.63) is 18.2 Å². The average Bonchev–Trinajstić information content (AvgIpc) is 3.46. The van der Waals surface area contributed by atoms with E-state index in [2.05, 4.69) is 25.9 Å². The second-order valence-electron chi connectivity index (χ2n) is 7.44. The van der Waals surface area contributed by atoms with Crippen molar-refractivity contribution in [2.45, 2.75) is 50.2 Å². The van der Waals surface area contributed by atoms with E-state index in [1.165, 1.54) is 11.2 Å². The van der Waals surface area contributed by atoms with Gasteiger partial charge in [-0.1, -0.05) is 0 Å². The van der Waals surface area contributed by atoms with E-state index in [0.29, 0.717) is 38.0 Å². The minimum absolute atomic E-state index is 0.0995. The van der Waals surface area contributed by atoms with Gasteiger partial charge in [-0.05, 0) is 25.7 Å². The summed E-state index contributed by atoms with van der Waals surface area (Å²) in [6.45, 7) is 0.435. The number of amides is 3. The van der Waals surface area contributed by atoms with Crippen LogP contribution >= 0.6 is 0 Å². The highest BCUT2D eigenvalue weighted by atomic mass is 16.2. The van der Waals surface area contributed by atoms with Gasteiger partial charge in [0, 0.05) is 25.7 Å². The number of nitrogens with one attached hydrogen (secondary N) is 5. The van der Waals surface area contributed by atoms with Crippen molar-refractivity contribution < 1.29 is 19.2 Å². The second kappa shape index (κ2) is 12.4. The van der Waals surface area contributed by atoms with Gasteiger partial charge in [0.05, 0.1) is 24.6 Å². The maximum Gasteiger partial charge on any atom is 0.245 e. The minimum atomic E-state index is -0.994. The Labute approximate surface area is 185 Å². The summed E-state index contributed by atoms with van der Waals surface area (Å²) in [5.41, 5.74) is 11.2. The number of rotatable bonds is 12. The zero-order chi connectivity index (χ0) is 23.5. The molecule has 13 heteroatoms. The van der Waals surface area contributed by atoms with Crippen LogP contribution in [-0.2, 0) is 25.6 Å². The molecule has 32 heavy (non-hydrogen) atoms. The maximum absolute atomic E-state index is 13.1. The molecule has 13 nitrogen and oxygen atoms in total. The minimum Gasteiger partial charge on any atom is -0.370 e. The Balaban J connectivity index is 2.12. The Morgan fingerprint density at radius 3 is 2.75 bits per heavy atom. The number of aromatic amines is 1. The summed E-state index contributed by atoms with van der Waals surface area (Å²) in [6, 6.07) is -2.57. The normalized spacial score (nSPS) is 17.3. The van der Waals surface area contributed by atoms with Gasteiger partial charge < -0.3 is 37.3 Å². The van der Waals surface area contributed by atoms with Crippen molar-refractivity contribution in [2.75, 3.05) is 19.6 Å². The average molecular weight is 449 g/mol. The number of hydrogen-bond acceptors (Lipinski definition) is 7. The molecule has 0 spiro atoms. The van der Waals surface area contributed by atoms with Crippen LogP contribution in [0.15, 0.2) is 12.5 Å². The molecular formula is C19H30N9O4. The van der Waals surface area contributed by atoms with Crippen LogP contribution in [0.5, 0.6) is 0 Å². The summed E-state index contributed by atoms with van der Waals surface area (Å²) < 4.78 is 0. The molecule has 0 unspecified atom stereocenters. The monoisotopic (exact) mass is 448 g/mol. The number of nitrogens with zero attached hydrogens (tertiary/aromatic N) is 2. The number of aromatic nitrogens is 2. The van der Waals surface area contributed by atoms with Crippen LogP contribution in [0.25, 0.3) is 0 Å². The van der Waals surface area contributed by atoms with E-state index in [9.17, 15) is 19.2 Å². The summed E-state index contributed by atoms with van der Waals surface area (Å²) in [5, 5.41) is 15.1. The number of nitrogens with two attached hydrogens (primary N) is 2. The highest BCUT2D eigenvalue weighted by molar-refractivity contribution is 5.93. The lowest BCUT2D eigenvalue weighted by atomic mass is 10.1. The van der Waals surface area contributed by atoms with Crippen molar-refractivity contribution >= 4 is 30.0 Å². The third kappa shape index (κ3) is 7.34. The first kappa shape index (κ1) is 24.8. The largest absolute Gasteiger partial charge is 0.370 e. The topological polar surface area (TPSA) is 212 Å². The molecule has 0 aromatic carbocycles. The number of imidazole rings is 1. The van der Waals surface area contributed by atoms with E-state index in [1.54, 1.807) is 6.20 Å². The number of likely N-dealkylation sites (tertiary alicyclic amines) is 1. The predicted molar refractivity (Wildman–Crippen MR) is 115 cm³/mol. The molecule has 0 bridgehead atoms. The molecular weight excluding hydrogens is 418 g/mol. The third-order valence-corrected chi connectivity index (χ3v) is 5.08. The lowest BCUT2D eigenvalue weighted by molar-refractivity contribution is -0.137. The Hall–Kier alpha value is -3.48. The summed E-state index contributed by atoms with van der Waals surface area (Å²) in [7, 11) is 0. The number of hydrogen-bond donors (Lipinski definition) is 7. The first-order valence-corrected chi connectivity index (χ1v) is 10.4. The molecule has 1 aromatic rings. The maximum atomic E-state index is 13.1. The summed E-state index contributed by atoms with van der Waals surface area (Å²) in [4.78, 5) is 57.5. The molecule has 1 aliphatic heterocycles. The first-order valence-electron chi connectivity index (χ1n) is 10.4. The van der Waals surface area contributed by atoms with Crippen molar-refractivity contribution in [1.82, 2.24) is 30.8 Å². The molecule has 1 saturated heterocycles. The van der Waals surface area contributed by atoms with Crippen LogP contribution in [0.1, 0.15) is 31.4 Å². The highest BCUT2D eigenvalue weighted by Gasteiger charge is 2.35. The summed E-state index contributed by atoms with van der Waals surface area (Å²) >= 11 is 0. The van der Waals surface area contributed by atoms with E-state index >= 15 is 0 Å². The smallest absolute Gasteiger partial charge is 0.245 e. The number of H-pyrrole nitrogens is 1. The van der Waals surface area contributed by atoms with E-state index < -0.39 is 35.8 Å². The molecule has 2 rings (SSSR count). The Kier molecular flexibility index (Phi) is 9.60. The Morgan fingerprint density at radius 2 is 2.12 bits per heavy atom. The zero-order valence-corrected chi connectivity index (χ0v) is 17.7. The van der Waals surface area contributed by atoms with Crippen molar-refractivity contribution in [1.29, 1.82) is 5.41 Å². The summed E-state index contributed by atoms with van der Waals surface area (Å²) in [6.07, 6.45) is 6.89. The molecule has 0 aliphatic carbocycles. The molecule has 0 saturated carbocycles. The van der Waals surface area contributed by atoms with Gasteiger partial charge in [0.15, 0.2) is 5.96 Å². The Bertz CT molecular complexity index is 799. The van der Waals surface area contributed by atoms with Gasteiger partial charge in [-0.3, -0.25) is 24.6 Å². The van der Waals surface area contributed by atoms with E-state index in [0.717, 1.165) is 0 Å². The van der Waals surface area contributed by atoms with E-state index in [1.807, 2.05) is 6.29 Å². The van der Waals surface area contributed by atoms with Crippen LogP contribution in [-0.4, -0.2) is 82.6 Å². The van der Waals surface area contributed by atoms with Crippen LogP contribution in [0.4, 0.5) is 0 Å². The quantitative estimate of drug-likeness (QED) is 0.101. The zero-order valence-electron chi connectivity index (χ0n) is 17.7. The standard InChI is InChI=1S/C19H30N9O4/c20-8-16(30)26-15(7-12-9-23-11-25-12)17(31)27-14(4-1-5-24-19(21)22)18(32)28-6-2-3-13(28)10-29/h9,11,13-15H,1-8,20H2,(H,23,25)(H,26,30)(H,27,31)(H4,21,22,24)/t13-,14-,15-/m0/s1. The highest BCUT2D eigenvalue weighted by Crippen LogP contribution is 2.18. The van der Waals surface area contributed by atoms with Crippen LogP contribution in [0.3, 0.4) is 0 Å². The summed E-state index contributed by atoms with van der Waals surface area (Å²) in [5.74, 6) is -1.69. The van der Waals surface area contributed by atoms with Crippen molar-refractivity contribution in [2.24, 2.45) is 11.5 Å². The lowest BCUT2D eigenvalue weighted by Gasteiger charge is -2.28. The molecule has 1 aliphatic rings. The molecule has 175 valence electrons. The second-order valence-corrected chi connectivity index (χ2v) is 7.44. The van der Waals surface area contributed by atoms with Gasteiger partial charge in [0.25, 0.3) is 0 Å². The predicted octanol–water partition coefficient (Wildman–Crippen LogP) is -2.76. The number of carbonyl (C=O) groups excluding carboxylic acids is 4. The molecule has 9 N–H and O–H groups in total. The van der Waals surface area contributed by atoms with Gasteiger partial charge >= 0.3 is 0 Å². The van der Waals surface area contributed by atoms with Crippen LogP contribution < -0.4 is 27.4 Å². The van der Waals surface area contributed by atoms with Crippen molar-refractivity contribution in [3.8, 4) is 0 Å². The fourth-order valence-electron chi connectivity index (χ4n) is 3.49. The molecule has 3 atom stereocenters. The van der Waals surface area contributed by atoms with E-state index in [-0.39, 0.29) is 25.3 Å². The SMILES string of the molecule is N=C(N)NCCC[C@H](NC(=O)[C@H](Cc1c[nH]cn1)NC(=O)CN)C(=O)N1CCC[C@H]1[C]=O. The van der Waals surface area contributed by atoms with Crippen LogP contribution in [0, 0.1) is 5.41 Å². The van der Waals surface area contributed by atoms with Gasteiger partial charge in [0.2, 0.25) is 24.0 Å². The fraction of sp³-hybridized carbons (Fsp3) is 0.579. The lowest BCUT2D eigenvalue weighted by Crippen LogP contribution is -2.56. The fourth-order valence-corrected chi connectivity index (χ4v) is 3.49. The number of carbonyl (C=O) groups is 3. The molecule has 3 amide bonds. The van der Waals surface area contributed by atoms with Crippen molar-refractivity contribution in [3.63, 3.8) is 0 Å². The van der Waals surface area contributed by atoms with Gasteiger partial charge in [-0.15, -0.1) is 0 Å². The molecule has 2 heterocycles. The van der Waals surface area contributed by atoms with Gasteiger partial charge in [-0.2, -0.15) is 0 Å². The molecule has 1 aromatic heterocycles. The van der Waals surface area contributed by atoms with Gasteiger partial charge in [0.1, 0.15) is 12.1 Å². The Morgan fingerprint density at radius 1 is 1.34 bits per heavy atom. The first-order chi connectivity index (χ1) is 15.3. The number of guanidine groups is 1. The van der Waals surface area contributed by atoms with Crippen LogP contribution in [0.2, 0.25) is 0 Å².